The van der Waals surface area contributed by atoms with Gasteiger partial charge in [-0.25, -0.2) is 0 Å². The van der Waals surface area contributed by atoms with E-state index < -0.39 is 14.7 Å². The number of aliphatic imine (C=N–C) groups is 1. The molecule has 0 fully saturated rings. The maximum absolute atomic E-state index is 6.65. The Labute approximate surface area is 86.0 Å². The Bertz CT molecular complexity index is 144. The summed E-state index contributed by atoms with van der Waals surface area (Å²) < 4.78 is 0. The molecule has 4 heteroatoms. The molecule has 0 rings (SSSR count). The molecule has 0 aliphatic rings. The number of rotatable bonds is 5. The van der Waals surface area contributed by atoms with Crippen LogP contribution in [0.2, 0.25) is 16.6 Å². The van der Waals surface area contributed by atoms with Crippen molar-refractivity contribution in [2.75, 3.05) is 0 Å². The summed E-state index contributed by atoms with van der Waals surface area (Å²) in [7, 11) is 0. The molecule has 0 bridgehead atoms. The van der Waals surface area contributed by atoms with E-state index in [4.69, 9.17) is 5.41 Å². The van der Waals surface area contributed by atoms with E-state index in [2.05, 4.69) is 22.4 Å². The Morgan fingerprint density at radius 2 is 2.08 bits per heavy atom. The van der Waals surface area contributed by atoms with Gasteiger partial charge in [-0.2, -0.15) is 0 Å². The molecule has 12 heavy (non-hydrogen) atoms. The molecule has 0 radical (unpaired) electrons. The van der Waals surface area contributed by atoms with Gasteiger partial charge < -0.3 is 0 Å². The summed E-state index contributed by atoms with van der Waals surface area (Å²) in [6.07, 6.45) is 2.40. The zero-order chi connectivity index (χ0) is 8.69. The molecule has 0 aromatic rings. The van der Waals surface area contributed by atoms with Crippen molar-refractivity contribution >= 4 is 33.1 Å². The van der Waals surface area contributed by atoms with Gasteiger partial charge in [0.2, 0.25) is 0 Å². The van der Waals surface area contributed by atoms with Gasteiger partial charge in [0.05, 0.1) is 0 Å². The fourth-order valence-electron chi connectivity index (χ4n) is 0.878. The summed E-state index contributed by atoms with van der Waals surface area (Å²) in [5.41, 5.74) is 4.75. The average molecular weight is 253 g/mol. The first-order valence-corrected chi connectivity index (χ1v) is 9.01. The van der Waals surface area contributed by atoms with Gasteiger partial charge in [0.15, 0.2) is 0 Å². The van der Waals surface area contributed by atoms with Crippen molar-refractivity contribution in [3.8, 4) is 0 Å². The molecule has 72 valence electrons. The van der Waals surface area contributed by atoms with Gasteiger partial charge in [0.25, 0.3) is 0 Å². The van der Waals surface area contributed by atoms with E-state index in [1.165, 1.54) is 11.6 Å². The minimum Gasteiger partial charge on any atom is -0.147 e. The predicted octanol–water partition coefficient (Wildman–Crippen LogP) is 3.08. The molecule has 0 spiro atoms. The van der Waals surface area contributed by atoms with Crippen molar-refractivity contribution in [3.63, 3.8) is 0 Å². The van der Waals surface area contributed by atoms with Crippen LogP contribution < -0.4 is 0 Å². The van der Waals surface area contributed by atoms with Crippen LogP contribution in [0.1, 0.15) is 19.8 Å². The van der Waals surface area contributed by atoms with E-state index in [1.807, 2.05) is 6.92 Å². The number of halogens is 1. The molecule has 0 amide bonds. The quantitative estimate of drug-likeness (QED) is 0.577. The third-order valence-electron chi connectivity index (χ3n) is 1.51. The maximum Gasteiger partial charge on any atom is -0.147 e. The van der Waals surface area contributed by atoms with Crippen molar-refractivity contribution in [1.29, 1.82) is 5.41 Å². The number of hydrogen-bond donors (Lipinski definition) is 1. The summed E-state index contributed by atoms with van der Waals surface area (Å²) >= 11 is -0.415. The normalized spacial score (nSPS) is 11.7. The third kappa shape index (κ3) is 10.2. The van der Waals surface area contributed by atoms with Gasteiger partial charge in [-0.3, -0.25) is 0 Å². The average Bonchev–Trinajstić information content (AvgIpc) is 1.87. The van der Waals surface area contributed by atoms with E-state index in [0.717, 1.165) is 6.42 Å². The first kappa shape index (κ1) is 14.7. The van der Waals surface area contributed by atoms with Crippen molar-refractivity contribution in [3.05, 3.63) is 0 Å². The zero-order valence-electron chi connectivity index (χ0n) is 8.00. The van der Waals surface area contributed by atoms with E-state index in [1.54, 1.807) is 0 Å². The minimum atomic E-state index is -0.415. The minimum absolute atomic E-state index is 0. The molecule has 0 saturated carbocycles. The van der Waals surface area contributed by atoms with E-state index in [9.17, 15) is 0 Å². The second-order valence-electron chi connectivity index (χ2n) is 3.04. The zero-order valence-corrected chi connectivity index (χ0v) is 10.7. The van der Waals surface area contributed by atoms with Crippen LogP contribution in [0.5, 0.6) is 0 Å². The van der Waals surface area contributed by atoms with Crippen LogP contribution in [-0.4, -0.2) is 26.7 Å². The fraction of sp³-hybridized carbons (Fsp3) is 0.875. The topological polar surface area (TPSA) is 36.2 Å². The molecular weight excluding hydrogens is 234 g/mol. The Morgan fingerprint density at radius 1 is 1.50 bits per heavy atom. The van der Waals surface area contributed by atoms with Crippen LogP contribution >= 0.6 is 12.4 Å². The molecule has 0 aliphatic heterocycles. The summed E-state index contributed by atoms with van der Waals surface area (Å²) in [6.45, 7) is 2.05. The molecule has 1 atom stereocenters. The van der Waals surface area contributed by atoms with Crippen molar-refractivity contribution < 1.29 is 0 Å². The fourth-order valence-corrected chi connectivity index (χ4v) is 2.59. The van der Waals surface area contributed by atoms with Gasteiger partial charge in [-0.15, -0.1) is 12.4 Å². The molecule has 1 unspecified atom stereocenters. The van der Waals surface area contributed by atoms with E-state index in [-0.39, 0.29) is 12.4 Å². The first-order chi connectivity index (χ1) is 5.16. The second-order valence-corrected chi connectivity index (χ2v) is 8.50. The summed E-state index contributed by atoms with van der Waals surface area (Å²) in [5.74, 6) is 0. The van der Waals surface area contributed by atoms with E-state index >= 15 is 0 Å². The summed E-state index contributed by atoms with van der Waals surface area (Å²) in [5, 5.41) is 8.05. The monoisotopic (exact) mass is 252 g/mol. The number of hydrogen-bond acceptors (Lipinski definition) is 2. The Kier molecular flexibility index (Phi) is 11.4. The van der Waals surface area contributed by atoms with Gasteiger partial charge in [-0.1, -0.05) is 0 Å². The Balaban J connectivity index is 0. The molecule has 0 heterocycles. The predicted molar refractivity (Wildman–Crippen MR) is 58.4 cm³/mol. The first-order valence-electron chi connectivity index (χ1n) is 3.93. The van der Waals surface area contributed by atoms with Crippen LogP contribution in [0.15, 0.2) is 4.99 Å². The summed E-state index contributed by atoms with van der Waals surface area (Å²) in [6, 6.07) is 2.40. The molecule has 2 nitrogen and oxygen atoms in total. The van der Waals surface area contributed by atoms with Gasteiger partial charge in [-0.05, 0) is 0 Å². The Hall–Kier alpha value is 0.228. The molecule has 0 aromatic heterocycles. The van der Waals surface area contributed by atoms with Gasteiger partial charge >= 0.3 is 73.5 Å². The molecular formula is C8H18AsClN2. The maximum atomic E-state index is 6.65. The Morgan fingerprint density at radius 3 is 2.50 bits per heavy atom. The van der Waals surface area contributed by atoms with Crippen LogP contribution in [-0.2, 0) is 0 Å². The molecule has 0 aromatic carbocycles. The molecule has 0 aliphatic carbocycles. The number of nitrogens with one attached hydrogen (secondary N) is 1. The SMILES string of the molecule is CC(CCC[As](C)C)N=C=N.Cl. The largest absolute Gasteiger partial charge is 0.147 e. The van der Waals surface area contributed by atoms with Crippen LogP contribution in [0.25, 0.3) is 0 Å². The van der Waals surface area contributed by atoms with E-state index in [0.29, 0.717) is 6.04 Å². The summed E-state index contributed by atoms with van der Waals surface area (Å²) in [4.78, 5) is 3.85. The van der Waals surface area contributed by atoms with Crippen LogP contribution in [0.4, 0.5) is 0 Å². The van der Waals surface area contributed by atoms with Crippen LogP contribution in [0, 0.1) is 5.41 Å². The molecule has 1 N–H and O–H groups in total. The van der Waals surface area contributed by atoms with Gasteiger partial charge in [0.1, 0.15) is 0 Å². The molecule has 0 saturated heterocycles. The van der Waals surface area contributed by atoms with Crippen molar-refractivity contribution in [1.82, 2.24) is 0 Å². The van der Waals surface area contributed by atoms with Crippen molar-refractivity contribution in [2.24, 2.45) is 4.99 Å². The number of nitrogens with zero attached hydrogens (tertiary/aromatic N) is 1. The van der Waals surface area contributed by atoms with Crippen LogP contribution in [0.3, 0.4) is 0 Å². The standard InChI is InChI=1S/C8H17AsN2.ClH/c1-8(11-7-10)5-4-6-9(2)3;/h8,10H,4-6H2,1-3H3;1H. The second kappa shape index (κ2) is 9.32. The smallest absolute Gasteiger partial charge is 0.147 e. The third-order valence-corrected chi connectivity index (χ3v) is 4.05. The van der Waals surface area contributed by atoms with Gasteiger partial charge in [0, 0.05) is 0 Å². The van der Waals surface area contributed by atoms with Crippen molar-refractivity contribution in [2.45, 2.75) is 42.4 Å².